The Morgan fingerprint density at radius 3 is 2.86 bits per heavy atom. The highest BCUT2D eigenvalue weighted by atomic mass is 16.7. The molecule has 0 radical (unpaired) electrons. The maximum atomic E-state index is 11.7. The second kappa shape index (κ2) is 3.37. The van der Waals surface area contributed by atoms with Gasteiger partial charge in [0, 0.05) is 19.9 Å². The van der Waals surface area contributed by atoms with Gasteiger partial charge >= 0.3 is 0 Å². The van der Waals surface area contributed by atoms with Crippen LogP contribution in [0.3, 0.4) is 0 Å². The van der Waals surface area contributed by atoms with Crippen LogP contribution < -0.4 is 5.32 Å². The Balaban J connectivity index is 2.37. The lowest BCUT2D eigenvalue weighted by atomic mass is 9.88. The molecule has 2 aliphatic rings. The largest absolute Gasteiger partial charge is 0.345 e. The Kier molecular flexibility index (Phi) is 2.33. The normalized spacial score (nSPS) is 29.4. The number of carbonyl (C=O) groups is 1. The Hall–Kier alpha value is -0.870. The molecule has 1 aliphatic carbocycles. The molecule has 0 saturated carbocycles. The van der Waals surface area contributed by atoms with Gasteiger partial charge in [-0.05, 0) is 19.3 Å². The van der Waals surface area contributed by atoms with E-state index in [1.807, 2.05) is 0 Å². The highest BCUT2D eigenvalue weighted by Gasteiger charge is 2.54. The van der Waals surface area contributed by atoms with E-state index in [1.165, 1.54) is 14.2 Å². The lowest BCUT2D eigenvalue weighted by Crippen LogP contribution is -2.46. The van der Waals surface area contributed by atoms with Gasteiger partial charge in [0.1, 0.15) is 0 Å². The van der Waals surface area contributed by atoms with Crippen molar-refractivity contribution in [1.82, 2.24) is 5.32 Å². The van der Waals surface area contributed by atoms with Crippen LogP contribution in [0.15, 0.2) is 11.8 Å². The third kappa shape index (κ3) is 1.11. The molecule has 1 amide bonds. The van der Waals surface area contributed by atoms with Crippen LogP contribution in [0.2, 0.25) is 0 Å². The molecule has 0 aromatic rings. The molecule has 1 fully saturated rings. The van der Waals surface area contributed by atoms with E-state index in [4.69, 9.17) is 9.47 Å². The molecule has 1 atom stereocenters. The number of allylic oxidation sites excluding steroid dienone is 1. The first kappa shape index (κ1) is 9.68. The number of hydrogen-bond acceptors (Lipinski definition) is 3. The van der Waals surface area contributed by atoms with Crippen LogP contribution in [-0.2, 0) is 14.3 Å². The van der Waals surface area contributed by atoms with E-state index in [0.717, 1.165) is 25.0 Å². The van der Waals surface area contributed by atoms with E-state index in [1.54, 1.807) is 0 Å². The number of methoxy groups -OCH3 is 2. The van der Waals surface area contributed by atoms with Crippen molar-refractivity contribution in [3.05, 3.63) is 11.8 Å². The fourth-order valence-electron chi connectivity index (χ4n) is 2.34. The quantitative estimate of drug-likeness (QED) is 0.666. The number of ether oxygens (including phenoxy) is 2. The van der Waals surface area contributed by atoms with Crippen LogP contribution in [0.25, 0.3) is 0 Å². The molecule has 1 N–H and O–H groups in total. The zero-order valence-electron chi connectivity index (χ0n) is 8.50. The minimum Gasteiger partial charge on any atom is -0.345 e. The summed E-state index contributed by atoms with van der Waals surface area (Å²) in [4.78, 5) is 11.7. The van der Waals surface area contributed by atoms with E-state index >= 15 is 0 Å². The lowest BCUT2D eigenvalue weighted by molar-refractivity contribution is -0.218. The zero-order chi connectivity index (χ0) is 10.2. The van der Waals surface area contributed by atoms with Gasteiger partial charge in [0.2, 0.25) is 0 Å². The molecule has 0 bridgehead atoms. The van der Waals surface area contributed by atoms with Gasteiger partial charge in [-0.3, -0.25) is 4.79 Å². The van der Waals surface area contributed by atoms with Gasteiger partial charge in [0.25, 0.3) is 11.7 Å². The van der Waals surface area contributed by atoms with Gasteiger partial charge in [-0.2, -0.15) is 0 Å². The summed E-state index contributed by atoms with van der Waals surface area (Å²) in [6, 6.07) is 0. The van der Waals surface area contributed by atoms with Gasteiger partial charge in [0.05, 0.1) is 5.92 Å². The molecule has 1 unspecified atom stereocenters. The first-order valence-corrected chi connectivity index (χ1v) is 4.86. The molecule has 2 rings (SSSR count). The average Bonchev–Trinajstić information content (AvgIpc) is 2.50. The second-order valence-electron chi connectivity index (χ2n) is 3.67. The number of carbonyl (C=O) groups excluding carboxylic acids is 1. The van der Waals surface area contributed by atoms with Gasteiger partial charge in [0.15, 0.2) is 0 Å². The van der Waals surface area contributed by atoms with Gasteiger partial charge in [-0.25, -0.2) is 0 Å². The minimum absolute atomic E-state index is 0.0405. The summed E-state index contributed by atoms with van der Waals surface area (Å²) in [5.74, 6) is -1.23. The predicted octanol–water partition coefficient (Wildman–Crippen LogP) is 0.789. The van der Waals surface area contributed by atoms with Crippen molar-refractivity contribution in [2.45, 2.75) is 25.0 Å². The fourth-order valence-corrected chi connectivity index (χ4v) is 2.34. The van der Waals surface area contributed by atoms with Crippen molar-refractivity contribution >= 4 is 5.91 Å². The number of fused-ring (bicyclic) bond motifs is 1. The molecule has 1 saturated heterocycles. The van der Waals surface area contributed by atoms with Crippen molar-refractivity contribution in [1.29, 1.82) is 0 Å². The summed E-state index contributed by atoms with van der Waals surface area (Å²) in [6.07, 6.45) is 5.10. The Bertz CT molecular complexity index is 281. The van der Waals surface area contributed by atoms with E-state index in [2.05, 4.69) is 11.4 Å². The third-order valence-electron chi connectivity index (χ3n) is 3.08. The van der Waals surface area contributed by atoms with Crippen LogP contribution in [0.1, 0.15) is 19.3 Å². The molecule has 4 heteroatoms. The van der Waals surface area contributed by atoms with Gasteiger partial charge in [-0.15, -0.1) is 0 Å². The highest BCUT2D eigenvalue weighted by Crippen LogP contribution is 2.40. The monoisotopic (exact) mass is 197 g/mol. The van der Waals surface area contributed by atoms with E-state index in [0.29, 0.717) is 0 Å². The summed E-state index contributed by atoms with van der Waals surface area (Å²) in [6.45, 7) is 0. The zero-order valence-corrected chi connectivity index (χ0v) is 8.50. The van der Waals surface area contributed by atoms with E-state index in [9.17, 15) is 4.79 Å². The summed E-state index contributed by atoms with van der Waals surface area (Å²) >= 11 is 0. The number of amides is 1. The van der Waals surface area contributed by atoms with Crippen molar-refractivity contribution in [3.63, 3.8) is 0 Å². The maximum Gasteiger partial charge on any atom is 0.285 e. The number of nitrogens with one attached hydrogen (secondary N) is 1. The molecular weight excluding hydrogens is 182 g/mol. The second-order valence-corrected chi connectivity index (χ2v) is 3.67. The van der Waals surface area contributed by atoms with Crippen LogP contribution in [0.5, 0.6) is 0 Å². The summed E-state index contributed by atoms with van der Waals surface area (Å²) in [5.41, 5.74) is 0.963. The first-order chi connectivity index (χ1) is 6.74. The van der Waals surface area contributed by atoms with Crippen molar-refractivity contribution in [3.8, 4) is 0 Å². The van der Waals surface area contributed by atoms with Crippen molar-refractivity contribution in [2.24, 2.45) is 5.92 Å². The molecule has 14 heavy (non-hydrogen) atoms. The van der Waals surface area contributed by atoms with Crippen molar-refractivity contribution in [2.75, 3.05) is 14.2 Å². The van der Waals surface area contributed by atoms with Crippen LogP contribution in [0.4, 0.5) is 0 Å². The molecule has 0 aromatic heterocycles. The van der Waals surface area contributed by atoms with Gasteiger partial charge < -0.3 is 14.8 Å². The molecule has 1 aliphatic heterocycles. The van der Waals surface area contributed by atoms with E-state index < -0.39 is 5.79 Å². The van der Waals surface area contributed by atoms with Crippen LogP contribution in [0, 0.1) is 5.92 Å². The minimum atomic E-state index is -1.09. The first-order valence-electron chi connectivity index (χ1n) is 4.86. The predicted molar refractivity (Wildman–Crippen MR) is 50.3 cm³/mol. The molecule has 1 heterocycles. The summed E-state index contributed by atoms with van der Waals surface area (Å²) in [5, 5.41) is 2.82. The Morgan fingerprint density at radius 1 is 1.50 bits per heavy atom. The fraction of sp³-hybridized carbons (Fsp3) is 0.700. The molecule has 0 aromatic carbocycles. The van der Waals surface area contributed by atoms with Crippen molar-refractivity contribution < 1.29 is 14.3 Å². The molecule has 4 nitrogen and oxygen atoms in total. The molecule has 78 valence electrons. The molecular formula is C10H15NO3. The Labute approximate surface area is 83.3 Å². The maximum absolute atomic E-state index is 11.7. The van der Waals surface area contributed by atoms with E-state index in [-0.39, 0.29) is 11.8 Å². The standard InChI is InChI=1S/C10H15NO3/c1-13-10(14-2)7-5-3-4-6-8(7)11-9(10)12/h6-7H,3-5H2,1-2H3,(H,11,12). The third-order valence-corrected chi connectivity index (χ3v) is 3.08. The highest BCUT2D eigenvalue weighted by molar-refractivity contribution is 5.89. The average molecular weight is 197 g/mol. The smallest absolute Gasteiger partial charge is 0.285 e. The lowest BCUT2D eigenvalue weighted by Gasteiger charge is -2.30. The topological polar surface area (TPSA) is 47.6 Å². The van der Waals surface area contributed by atoms with Crippen LogP contribution in [-0.4, -0.2) is 25.9 Å². The SMILES string of the molecule is COC1(OC)C(=O)NC2=CCCCC21. The summed E-state index contributed by atoms with van der Waals surface area (Å²) in [7, 11) is 3.03. The van der Waals surface area contributed by atoms with Crippen LogP contribution >= 0.6 is 0 Å². The molecule has 0 spiro atoms. The van der Waals surface area contributed by atoms with Gasteiger partial charge in [-0.1, -0.05) is 6.08 Å². The summed E-state index contributed by atoms with van der Waals surface area (Å²) < 4.78 is 10.5. The number of rotatable bonds is 2. The Morgan fingerprint density at radius 2 is 2.21 bits per heavy atom. The number of hydrogen-bond donors (Lipinski definition) is 1.